The summed E-state index contributed by atoms with van der Waals surface area (Å²) in [6, 6.07) is 9.43. The fourth-order valence-electron chi connectivity index (χ4n) is 1.34. The molecule has 0 spiro atoms. The van der Waals surface area contributed by atoms with E-state index < -0.39 is 5.82 Å². The van der Waals surface area contributed by atoms with Gasteiger partial charge in [-0.25, -0.2) is 4.39 Å². The summed E-state index contributed by atoms with van der Waals surface area (Å²) in [6.07, 6.45) is 1.47. The molecule has 0 saturated carbocycles. The zero-order valence-corrected chi connectivity index (χ0v) is 8.87. The van der Waals surface area contributed by atoms with Crippen molar-refractivity contribution in [1.29, 1.82) is 5.26 Å². The zero-order chi connectivity index (χ0) is 11.5. The highest BCUT2D eigenvalue weighted by atomic mass is 35.5. The van der Waals surface area contributed by atoms with Crippen molar-refractivity contribution < 1.29 is 4.39 Å². The largest absolute Gasteiger partial charge is 0.256 e. The molecule has 4 heteroatoms. The van der Waals surface area contributed by atoms with Crippen molar-refractivity contribution >= 4 is 11.6 Å². The Morgan fingerprint density at radius 1 is 1.25 bits per heavy atom. The van der Waals surface area contributed by atoms with Crippen molar-refractivity contribution in [3.05, 3.63) is 52.9 Å². The number of nitriles is 1. The van der Waals surface area contributed by atoms with E-state index in [0.717, 1.165) is 0 Å². The maximum absolute atomic E-state index is 13.6. The second kappa shape index (κ2) is 4.30. The summed E-state index contributed by atoms with van der Waals surface area (Å²) in [5.74, 6) is -0.449. The van der Waals surface area contributed by atoms with Crippen LogP contribution < -0.4 is 0 Å². The van der Waals surface area contributed by atoms with Crippen molar-refractivity contribution in [2.45, 2.75) is 0 Å². The van der Waals surface area contributed by atoms with E-state index in [9.17, 15) is 4.39 Å². The third-order valence-electron chi connectivity index (χ3n) is 2.10. The highest BCUT2D eigenvalue weighted by Gasteiger charge is 2.07. The number of rotatable bonds is 1. The molecule has 78 valence electrons. The number of pyridine rings is 1. The zero-order valence-electron chi connectivity index (χ0n) is 8.11. The van der Waals surface area contributed by atoms with E-state index in [2.05, 4.69) is 4.98 Å². The predicted octanol–water partition coefficient (Wildman–Crippen LogP) is 3.41. The van der Waals surface area contributed by atoms with E-state index in [0.29, 0.717) is 21.8 Å². The maximum Gasteiger partial charge on any atom is 0.134 e. The lowest BCUT2D eigenvalue weighted by Gasteiger charge is -2.02. The summed E-state index contributed by atoms with van der Waals surface area (Å²) in [5.41, 5.74) is 1.20. The van der Waals surface area contributed by atoms with Crippen LogP contribution >= 0.6 is 11.6 Å². The summed E-state index contributed by atoms with van der Waals surface area (Å²) in [6.45, 7) is 0. The summed E-state index contributed by atoms with van der Waals surface area (Å²) in [5, 5.41) is 9.06. The third kappa shape index (κ3) is 2.02. The summed E-state index contributed by atoms with van der Waals surface area (Å²) in [7, 11) is 0. The van der Waals surface area contributed by atoms with Crippen molar-refractivity contribution in [3.8, 4) is 17.3 Å². The minimum Gasteiger partial charge on any atom is -0.256 e. The van der Waals surface area contributed by atoms with Crippen LogP contribution in [-0.4, -0.2) is 4.98 Å². The summed E-state index contributed by atoms with van der Waals surface area (Å²) >= 11 is 5.65. The Labute approximate surface area is 96.9 Å². The fraction of sp³-hybridized carbons (Fsp3) is 0. The third-order valence-corrected chi connectivity index (χ3v) is 2.33. The SMILES string of the molecule is N#Cc1ccnc(-c2ccc(Cl)cc2F)c1. The highest BCUT2D eigenvalue weighted by molar-refractivity contribution is 6.30. The lowest BCUT2D eigenvalue weighted by Crippen LogP contribution is -1.88. The van der Waals surface area contributed by atoms with Gasteiger partial charge in [-0.15, -0.1) is 0 Å². The number of nitrogens with zero attached hydrogens (tertiary/aromatic N) is 2. The average molecular weight is 233 g/mol. The van der Waals surface area contributed by atoms with Crippen LogP contribution in [0.1, 0.15) is 5.56 Å². The van der Waals surface area contributed by atoms with Gasteiger partial charge in [-0.1, -0.05) is 11.6 Å². The summed E-state index contributed by atoms with van der Waals surface area (Å²) in [4.78, 5) is 4.01. The molecule has 0 aliphatic rings. The van der Waals surface area contributed by atoms with E-state index >= 15 is 0 Å². The predicted molar refractivity (Wildman–Crippen MR) is 59.4 cm³/mol. The van der Waals surface area contributed by atoms with E-state index in [4.69, 9.17) is 16.9 Å². The van der Waals surface area contributed by atoms with Crippen molar-refractivity contribution in [1.82, 2.24) is 4.98 Å². The van der Waals surface area contributed by atoms with Gasteiger partial charge in [0, 0.05) is 16.8 Å². The molecule has 0 radical (unpaired) electrons. The standard InChI is InChI=1S/C12H6ClFN2/c13-9-1-2-10(11(14)6-9)12-5-8(7-15)3-4-16-12/h1-6H. The first kappa shape index (κ1) is 10.6. The topological polar surface area (TPSA) is 36.7 Å². The molecule has 1 aromatic carbocycles. The Morgan fingerprint density at radius 2 is 2.06 bits per heavy atom. The van der Waals surface area contributed by atoms with Gasteiger partial charge in [0.05, 0.1) is 17.3 Å². The Balaban J connectivity index is 2.55. The van der Waals surface area contributed by atoms with E-state index in [1.165, 1.54) is 18.3 Å². The van der Waals surface area contributed by atoms with Crippen LogP contribution in [0.25, 0.3) is 11.3 Å². The Bertz CT molecular complexity index is 575. The second-order valence-corrected chi connectivity index (χ2v) is 3.60. The molecule has 0 fully saturated rings. The van der Waals surface area contributed by atoms with Crippen molar-refractivity contribution in [3.63, 3.8) is 0 Å². The molecule has 1 aromatic heterocycles. The molecule has 0 bridgehead atoms. The van der Waals surface area contributed by atoms with Crippen molar-refractivity contribution in [2.75, 3.05) is 0 Å². The molecular formula is C12H6ClFN2. The molecule has 0 aliphatic heterocycles. The molecule has 2 nitrogen and oxygen atoms in total. The first-order chi connectivity index (χ1) is 7.70. The lowest BCUT2D eigenvalue weighted by molar-refractivity contribution is 0.631. The quantitative estimate of drug-likeness (QED) is 0.756. The van der Waals surface area contributed by atoms with Gasteiger partial charge < -0.3 is 0 Å². The molecule has 0 unspecified atom stereocenters. The van der Waals surface area contributed by atoms with Gasteiger partial charge >= 0.3 is 0 Å². The van der Waals surface area contributed by atoms with Crippen LogP contribution in [-0.2, 0) is 0 Å². The maximum atomic E-state index is 13.6. The lowest BCUT2D eigenvalue weighted by atomic mass is 10.1. The molecule has 2 rings (SSSR count). The van der Waals surface area contributed by atoms with Crippen LogP contribution in [0.5, 0.6) is 0 Å². The number of hydrogen-bond donors (Lipinski definition) is 0. The molecule has 0 saturated heterocycles. The highest BCUT2D eigenvalue weighted by Crippen LogP contribution is 2.23. The number of aromatic nitrogens is 1. The number of halogens is 2. The molecule has 0 amide bonds. The molecule has 0 atom stereocenters. The van der Waals surface area contributed by atoms with Crippen LogP contribution in [0.15, 0.2) is 36.5 Å². The van der Waals surface area contributed by atoms with Crippen LogP contribution in [0.2, 0.25) is 5.02 Å². The smallest absolute Gasteiger partial charge is 0.134 e. The van der Waals surface area contributed by atoms with Crippen LogP contribution in [0.4, 0.5) is 4.39 Å². The minimum absolute atomic E-state index is 0.331. The molecule has 0 N–H and O–H groups in total. The minimum atomic E-state index is -0.449. The molecular weight excluding hydrogens is 227 g/mol. The number of benzene rings is 1. The Morgan fingerprint density at radius 3 is 2.75 bits per heavy atom. The normalized spacial score (nSPS) is 9.81. The first-order valence-corrected chi connectivity index (χ1v) is 4.90. The molecule has 16 heavy (non-hydrogen) atoms. The van der Waals surface area contributed by atoms with Crippen molar-refractivity contribution in [2.24, 2.45) is 0 Å². The Kier molecular flexibility index (Phi) is 2.84. The van der Waals surface area contributed by atoms with E-state index in [-0.39, 0.29) is 0 Å². The second-order valence-electron chi connectivity index (χ2n) is 3.17. The van der Waals surface area contributed by atoms with Gasteiger partial charge in [-0.05, 0) is 30.3 Å². The van der Waals surface area contributed by atoms with Gasteiger partial charge in [0.2, 0.25) is 0 Å². The fourth-order valence-corrected chi connectivity index (χ4v) is 1.50. The molecule has 2 aromatic rings. The average Bonchev–Trinajstić information content (AvgIpc) is 2.29. The van der Waals surface area contributed by atoms with Gasteiger partial charge in [-0.3, -0.25) is 4.98 Å². The van der Waals surface area contributed by atoms with Crippen LogP contribution in [0, 0.1) is 17.1 Å². The molecule has 1 heterocycles. The molecule has 0 aliphatic carbocycles. The van der Waals surface area contributed by atoms with E-state index in [1.54, 1.807) is 18.2 Å². The number of hydrogen-bond acceptors (Lipinski definition) is 2. The first-order valence-electron chi connectivity index (χ1n) is 4.52. The van der Waals surface area contributed by atoms with Gasteiger partial charge in [-0.2, -0.15) is 5.26 Å². The monoisotopic (exact) mass is 232 g/mol. The van der Waals surface area contributed by atoms with Gasteiger partial charge in [0.15, 0.2) is 0 Å². The van der Waals surface area contributed by atoms with Gasteiger partial charge in [0.1, 0.15) is 5.82 Å². The summed E-state index contributed by atoms with van der Waals surface area (Å²) < 4.78 is 13.6. The van der Waals surface area contributed by atoms with Crippen LogP contribution in [0.3, 0.4) is 0 Å². The van der Waals surface area contributed by atoms with E-state index in [1.807, 2.05) is 6.07 Å². The Hall–Kier alpha value is -1.92. The van der Waals surface area contributed by atoms with Gasteiger partial charge in [0.25, 0.3) is 0 Å².